The van der Waals surface area contributed by atoms with E-state index < -0.39 is 0 Å². The summed E-state index contributed by atoms with van der Waals surface area (Å²) in [6.45, 7) is 0. The minimum atomic E-state index is 0. The lowest BCUT2D eigenvalue weighted by molar-refractivity contribution is 1.35. The number of hydrogen-bond donors (Lipinski definition) is 3. The first-order valence-corrected chi connectivity index (χ1v) is 3.11. The molecule has 0 aliphatic carbocycles. The molecule has 0 aromatic heterocycles. The van der Waals surface area contributed by atoms with Crippen molar-refractivity contribution in [2.45, 2.75) is 0 Å². The molecule has 0 heterocycles. The highest BCUT2D eigenvalue weighted by Gasteiger charge is 1.87. The molecule has 1 aromatic carbocycles. The zero-order valence-corrected chi connectivity index (χ0v) is 7.11. The molecule has 0 spiro atoms. The summed E-state index contributed by atoms with van der Waals surface area (Å²) >= 11 is 0. The summed E-state index contributed by atoms with van der Waals surface area (Å²) in [6, 6.07) is 7.72. The maximum atomic E-state index is 5.17. The molecule has 0 saturated carbocycles. The first-order valence-electron chi connectivity index (χ1n) is 3.11. The van der Waals surface area contributed by atoms with E-state index in [4.69, 9.17) is 5.84 Å². The van der Waals surface area contributed by atoms with E-state index in [2.05, 4.69) is 10.7 Å². The molecule has 0 amide bonds. The van der Waals surface area contributed by atoms with Crippen LogP contribution < -0.4 is 16.6 Å². The fraction of sp³-hybridized carbons (Fsp3) is 0.143. The predicted molar refractivity (Wildman–Crippen MR) is 51.0 cm³/mol. The van der Waals surface area contributed by atoms with Gasteiger partial charge in [0.25, 0.3) is 0 Å². The highest BCUT2D eigenvalue weighted by atomic mass is 35.5. The van der Waals surface area contributed by atoms with Crippen LogP contribution in [0.2, 0.25) is 0 Å². The Morgan fingerprint density at radius 1 is 1.09 bits per heavy atom. The van der Waals surface area contributed by atoms with E-state index in [1.54, 1.807) is 0 Å². The SMILES string of the molecule is CNc1ccc(NN)cc1.Cl. The van der Waals surface area contributed by atoms with Gasteiger partial charge in [0, 0.05) is 18.4 Å². The zero-order chi connectivity index (χ0) is 7.40. The van der Waals surface area contributed by atoms with E-state index >= 15 is 0 Å². The Bertz CT molecular complexity index is 174. The Labute approximate surface area is 72.4 Å². The van der Waals surface area contributed by atoms with Crippen LogP contribution in [0.5, 0.6) is 0 Å². The average molecular weight is 174 g/mol. The summed E-state index contributed by atoms with van der Waals surface area (Å²) in [5.41, 5.74) is 4.55. The van der Waals surface area contributed by atoms with Crippen molar-refractivity contribution in [3.63, 3.8) is 0 Å². The first kappa shape index (κ1) is 10.1. The highest BCUT2D eigenvalue weighted by Crippen LogP contribution is 2.10. The summed E-state index contributed by atoms with van der Waals surface area (Å²) in [5.74, 6) is 5.17. The molecule has 3 nitrogen and oxygen atoms in total. The molecule has 0 saturated heterocycles. The fourth-order valence-corrected chi connectivity index (χ4v) is 0.733. The number of hydrogen-bond acceptors (Lipinski definition) is 3. The Morgan fingerprint density at radius 3 is 1.91 bits per heavy atom. The summed E-state index contributed by atoms with van der Waals surface area (Å²) in [6.07, 6.45) is 0. The number of nitrogens with two attached hydrogens (primary N) is 1. The number of rotatable bonds is 2. The molecule has 0 radical (unpaired) electrons. The van der Waals surface area contributed by atoms with E-state index in [0.29, 0.717) is 0 Å². The van der Waals surface area contributed by atoms with Crippen LogP contribution in [-0.2, 0) is 0 Å². The third-order valence-corrected chi connectivity index (χ3v) is 1.34. The molecule has 1 rings (SSSR count). The van der Waals surface area contributed by atoms with Crippen molar-refractivity contribution < 1.29 is 0 Å². The molecule has 1 aromatic rings. The van der Waals surface area contributed by atoms with Gasteiger partial charge in [-0.1, -0.05) is 0 Å². The second kappa shape index (κ2) is 4.82. The third-order valence-electron chi connectivity index (χ3n) is 1.34. The number of benzene rings is 1. The zero-order valence-electron chi connectivity index (χ0n) is 6.29. The predicted octanol–water partition coefficient (Wildman–Crippen LogP) is 1.44. The average Bonchev–Trinajstić information content (AvgIpc) is 2.05. The van der Waals surface area contributed by atoms with Crippen molar-refractivity contribution in [3.8, 4) is 0 Å². The molecule has 11 heavy (non-hydrogen) atoms. The Morgan fingerprint density at radius 2 is 1.55 bits per heavy atom. The lowest BCUT2D eigenvalue weighted by atomic mass is 10.3. The van der Waals surface area contributed by atoms with Gasteiger partial charge in [0.1, 0.15) is 0 Å². The van der Waals surface area contributed by atoms with Crippen molar-refractivity contribution in [2.24, 2.45) is 5.84 Å². The fourth-order valence-electron chi connectivity index (χ4n) is 0.733. The minimum Gasteiger partial charge on any atom is -0.388 e. The summed E-state index contributed by atoms with van der Waals surface area (Å²) in [4.78, 5) is 0. The monoisotopic (exact) mass is 173 g/mol. The second-order valence-electron chi connectivity index (χ2n) is 1.97. The largest absolute Gasteiger partial charge is 0.388 e. The molecule has 4 heteroatoms. The number of hydrazine groups is 1. The van der Waals surface area contributed by atoms with Crippen LogP contribution in [0.3, 0.4) is 0 Å². The first-order chi connectivity index (χ1) is 4.86. The quantitative estimate of drug-likeness (QED) is 0.469. The van der Waals surface area contributed by atoms with Gasteiger partial charge in [0.15, 0.2) is 0 Å². The lowest BCUT2D eigenvalue weighted by Gasteiger charge is -2.01. The third kappa shape index (κ3) is 2.65. The van der Waals surface area contributed by atoms with Crippen LogP contribution in [0, 0.1) is 0 Å². The number of nitrogen functional groups attached to an aromatic ring is 1. The van der Waals surface area contributed by atoms with Crippen molar-refractivity contribution >= 4 is 23.8 Å². The molecule has 4 N–H and O–H groups in total. The van der Waals surface area contributed by atoms with Gasteiger partial charge in [-0.3, -0.25) is 5.84 Å². The van der Waals surface area contributed by atoms with Gasteiger partial charge in [-0.05, 0) is 24.3 Å². The van der Waals surface area contributed by atoms with Crippen LogP contribution in [0.25, 0.3) is 0 Å². The van der Waals surface area contributed by atoms with Gasteiger partial charge >= 0.3 is 0 Å². The molecular weight excluding hydrogens is 162 g/mol. The van der Waals surface area contributed by atoms with E-state index in [9.17, 15) is 0 Å². The number of anilines is 2. The summed E-state index contributed by atoms with van der Waals surface area (Å²) in [7, 11) is 1.88. The second-order valence-corrected chi connectivity index (χ2v) is 1.97. The van der Waals surface area contributed by atoms with Crippen LogP contribution in [0.4, 0.5) is 11.4 Å². The van der Waals surface area contributed by atoms with Gasteiger partial charge in [-0.2, -0.15) is 0 Å². The van der Waals surface area contributed by atoms with Gasteiger partial charge in [-0.25, -0.2) is 0 Å². The van der Waals surface area contributed by atoms with Gasteiger partial charge in [0.2, 0.25) is 0 Å². The van der Waals surface area contributed by atoms with Gasteiger partial charge in [0.05, 0.1) is 0 Å². The van der Waals surface area contributed by atoms with Crippen LogP contribution in [0.1, 0.15) is 0 Å². The van der Waals surface area contributed by atoms with Gasteiger partial charge < -0.3 is 10.7 Å². The summed E-state index contributed by atoms with van der Waals surface area (Å²) in [5, 5.41) is 3.01. The lowest BCUT2D eigenvalue weighted by Crippen LogP contribution is -2.06. The molecule has 0 unspecified atom stereocenters. The van der Waals surface area contributed by atoms with E-state index in [-0.39, 0.29) is 12.4 Å². The smallest absolute Gasteiger partial charge is 0.0486 e. The number of nitrogens with one attached hydrogen (secondary N) is 2. The van der Waals surface area contributed by atoms with E-state index in [0.717, 1.165) is 11.4 Å². The van der Waals surface area contributed by atoms with Crippen LogP contribution >= 0.6 is 12.4 Å². The summed E-state index contributed by atoms with van der Waals surface area (Å²) < 4.78 is 0. The van der Waals surface area contributed by atoms with Crippen molar-refractivity contribution in [1.82, 2.24) is 0 Å². The molecule has 0 fully saturated rings. The standard InChI is InChI=1S/C7H11N3.ClH/c1-9-6-2-4-7(10-8)5-3-6;/h2-5,9-10H,8H2,1H3;1H. The molecule has 0 aliphatic heterocycles. The Balaban J connectivity index is 0.000001000. The molecule has 62 valence electrons. The number of halogens is 1. The Kier molecular flexibility index (Phi) is 4.41. The van der Waals surface area contributed by atoms with E-state index in [1.807, 2.05) is 31.3 Å². The molecular formula is C7H12ClN3. The van der Waals surface area contributed by atoms with E-state index in [1.165, 1.54) is 0 Å². The maximum absolute atomic E-state index is 5.17. The van der Waals surface area contributed by atoms with Gasteiger partial charge in [-0.15, -0.1) is 12.4 Å². The molecule has 0 bridgehead atoms. The maximum Gasteiger partial charge on any atom is 0.0486 e. The van der Waals surface area contributed by atoms with Crippen molar-refractivity contribution in [1.29, 1.82) is 0 Å². The highest BCUT2D eigenvalue weighted by molar-refractivity contribution is 5.85. The minimum absolute atomic E-state index is 0. The van der Waals surface area contributed by atoms with Crippen molar-refractivity contribution in [3.05, 3.63) is 24.3 Å². The van der Waals surface area contributed by atoms with Crippen LogP contribution in [0.15, 0.2) is 24.3 Å². The Hall–Kier alpha value is -0.930. The normalized spacial score (nSPS) is 8.18. The van der Waals surface area contributed by atoms with Crippen LogP contribution in [-0.4, -0.2) is 7.05 Å². The van der Waals surface area contributed by atoms with Crippen molar-refractivity contribution in [2.75, 3.05) is 17.8 Å². The molecule has 0 aliphatic rings. The molecule has 0 atom stereocenters. The topological polar surface area (TPSA) is 50.1 Å².